The van der Waals surface area contributed by atoms with Gasteiger partial charge in [-0.1, -0.05) is 67.9 Å². The summed E-state index contributed by atoms with van der Waals surface area (Å²) in [6.45, 7) is 5.30. The van der Waals surface area contributed by atoms with Crippen molar-refractivity contribution in [1.82, 2.24) is 9.88 Å². The molecule has 0 unspecified atom stereocenters. The molecule has 0 aliphatic heterocycles. The van der Waals surface area contributed by atoms with E-state index in [1.165, 1.54) is 6.07 Å². The topological polar surface area (TPSA) is 77.2 Å². The Balaban J connectivity index is 1.83. The van der Waals surface area contributed by atoms with Gasteiger partial charge in [0.2, 0.25) is 5.91 Å². The van der Waals surface area contributed by atoms with Crippen LogP contribution in [0.5, 0.6) is 0 Å². The molecule has 1 heterocycles. The number of aromatic nitrogens is 1. The Labute approximate surface area is 209 Å². The summed E-state index contributed by atoms with van der Waals surface area (Å²) in [5.74, 6) is -0.0163. The van der Waals surface area contributed by atoms with Crippen LogP contribution in [-0.4, -0.2) is 21.9 Å². The summed E-state index contributed by atoms with van der Waals surface area (Å²) in [6, 6.07) is 22.4. The number of benzene rings is 3. The molecule has 7 heteroatoms. The van der Waals surface area contributed by atoms with Crippen LogP contribution in [0.25, 0.3) is 10.9 Å². The van der Waals surface area contributed by atoms with Crippen LogP contribution in [0.2, 0.25) is 5.02 Å². The van der Waals surface area contributed by atoms with Gasteiger partial charge in [0.15, 0.2) is 0 Å². The zero-order valence-electron chi connectivity index (χ0n) is 19.8. The molecule has 4 aromatic rings. The van der Waals surface area contributed by atoms with Crippen molar-refractivity contribution in [2.75, 3.05) is 6.54 Å². The summed E-state index contributed by atoms with van der Waals surface area (Å²) in [5, 5.41) is 16.0. The van der Waals surface area contributed by atoms with E-state index in [1.54, 1.807) is 12.1 Å². The second kappa shape index (κ2) is 10.7. The zero-order chi connectivity index (χ0) is 24.9. The largest absolute Gasteiger partial charge is 0.356 e. The SMILES string of the molecule is CC(C)CNC(=O)C[C@@H](c1ccc(Cl)cc1)c1cn(Cc2ccccc2)c2ccc([N+](=O)[O-])cc12. The van der Waals surface area contributed by atoms with Crippen LogP contribution in [0.4, 0.5) is 5.69 Å². The number of hydrogen-bond acceptors (Lipinski definition) is 3. The van der Waals surface area contributed by atoms with Crippen molar-refractivity contribution in [2.24, 2.45) is 5.92 Å². The van der Waals surface area contributed by atoms with Gasteiger partial charge in [-0.2, -0.15) is 0 Å². The van der Waals surface area contributed by atoms with E-state index in [0.717, 1.165) is 27.6 Å². The molecule has 6 nitrogen and oxygen atoms in total. The molecule has 0 aliphatic rings. The average Bonchev–Trinajstić information content (AvgIpc) is 3.19. The zero-order valence-corrected chi connectivity index (χ0v) is 20.5. The molecule has 1 aromatic heterocycles. The van der Waals surface area contributed by atoms with E-state index in [2.05, 4.69) is 9.88 Å². The van der Waals surface area contributed by atoms with Crippen LogP contribution in [0.3, 0.4) is 0 Å². The van der Waals surface area contributed by atoms with Crippen LogP contribution in [0.15, 0.2) is 79.0 Å². The predicted octanol–water partition coefficient (Wildman–Crippen LogP) is 6.55. The first kappa shape index (κ1) is 24.5. The standard InChI is InChI=1S/C28H28ClN3O3/c1-19(2)16-30-28(33)15-24(21-8-10-22(29)11-9-21)26-18-31(17-20-6-4-3-5-7-20)27-13-12-23(32(34)35)14-25(26)27/h3-14,18-19,24H,15-17H2,1-2H3,(H,30,33)/t24-/m0/s1. The van der Waals surface area contributed by atoms with Crippen LogP contribution < -0.4 is 5.32 Å². The van der Waals surface area contributed by atoms with E-state index in [-0.39, 0.29) is 28.9 Å². The fourth-order valence-electron chi connectivity index (χ4n) is 4.29. The number of nitro groups is 1. The fourth-order valence-corrected chi connectivity index (χ4v) is 4.42. The molecule has 0 fully saturated rings. The van der Waals surface area contributed by atoms with E-state index in [4.69, 9.17) is 11.6 Å². The minimum atomic E-state index is -0.385. The molecular formula is C28H28ClN3O3. The summed E-state index contributed by atoms with van der Waals surface area (Å²) in [6.07, 6.45) is 2.25. The van der Waals surface area contributed by atoms with E-state index in [9.17, 15) is 14.9 Å². The Kier molecular flexibility index (Phi) is 7.51. The van der Waals surface area contributed by atoms with Crippen LogP contribution >= 0.6 is 11.6 Å². The van der Waals surface area contributed by atoms with Crippen molar-refractivity contribution in [3.8, 4) is 0 Å². The lowest BCUT2D eigenvalue weighted by Crippen LogP contribution is -2.28. The van der Waals surface area contributed by atoms with Crippen molar-refractivity contribution < 1.29 is 9.72 Å². The highest BCUT2D eigenvalue weighted by Crippen LogP contribution is 2.37. The molecule has 3 aromatic carbocycles. The van der Waals surface area contributed by atoms with E-state index in [1.807, 2.05) is 74.6 Å². The van der Waals surface area contributed by atoms with Gasteiger partial charge in [0, 0.05) is 59.7 Å². The Hall–Kier alpha value is -3.64. The molecule has 1 atom stereocenters. The maximum Gasteiger partial charge on any atom is 0.270 e. The van der Waals surface area contributed by atoms with Crippen LogP contribution in [0, 0.1) is 16.0 Å². The fraction of sp³-hybridized carbons (Fsp3) is 0.250. The molecule has 0 spiro atoms. The number of rotatable bonds is 9. The molecule has 1 amide bonds. The van der Waals surface area contributed by atoms with Gasteiger partial charge in [0.25, 0.3) is 5.69 Å². The van der Waals surface area contributed by atoms with Crippen molar-refractivity contribution in [2.45, 2.75) is 32.7 Å². The third-order valence-electron chi connectivity index (χ3n) is 6.05. The quantitative estimate of drug-likeness (QED) is 0.214. The third kappa shape index (κ3) is 5.89. The second-order valence-corrected chi connectivity index (χ2v) is 9.60. The number of non-ortho nitro benzene ring substituents is 1. The summed E-state index contributed by atoms with van der Waals surface area (Å²) in [7, 11) is 0. The van der Waals surface area contributed by atoms with Crippen molar-refractivity contribution >= 4 is 34.1 Å². The van der Waals surface area contributed by atoms with Crippen LogP contribution in [-0.2, 0) is 11.3 Å². The monoisotopic (exact) mass is 489 g/mol. The third-order valence-corrected chi connectivity index (χ3v) is 6.30. The lowest BCUT2D eigenvalue weighted by Gasteiger charge is -2.18. The first-order chi connectivity index (χ1) is 16.8. The lowest BCUT2D eigenvalue weighted by atomic mass is 9.88. The van der Waals surface area contributed by atoms with Gasteiger partial charge in [-0.3, -0.25) is 14.9 Å². The van der Waals surface area contributed by atoms with Gasteiger partial charge in [-0.25, -0.2) is 0 Å². The molecular weight excluding hydrogens is 462 g/mol. The molecule has 0 radical (unpaired) electrons. The van der Waals surface area contributed by atoms with Gasteiger partial charge < -0.3 is 9.88 Å². The van der Waals surface area contributed by atoms with Crippen molar-refractivity contribution in [3.05, 3.63) is 111 Å². The second-order valence-electron chi connectivity index (χ2n) is 9.16. The van der Waals surface area contributed by atoms with Gasteiger partial charge in [-0.05, 0) is 40.8 Å². The Bertz CT molecular complexity index is 1330. The average molecular weight is 490 g/mol. The Morgan fingerprint density at radius 1 is 1.06 bits per heavy atom. The summed E-state index contributed by atoms with van der Waals surface area (Å²) in [4.78, 5) is 24.1. The molecule has 4 rings (SSSR count). The number of nitrogens with zero attached hydrogens (tertiary/aromatic N) is 2. The summed E-state index contributed by atoms with van der Waals surface area (Å²) in [5.41, 5.74) is 3.83. The van der Waals surface area contributed by atoms with E-state index < -0.39 is 0 Å². The minimum absolute atomic E-state index is 0.0235. The number of hydrogen-bond donors (Lipinski definition) is 1. The van der Waals surface area contributed by atoms with Crippen LogP contribution in [0.1, 0.15) is 42.9 Å². The van der Waals surface area contributed by atoms with E-state index in [0.29, 0.717) is 24.0 Å². The first-order valence-corrected chi connectivity index (χ1v) is 12.0. The maximum atomic E-state index is 12.9. The molecule has 0 bridgehead atoms. The lowest BCUT2D eigenvalue weighted by molar-refractivity contribution is -0.384. The van der Waals surface area contributed by atoms with E-state index >= 15 is 0 Å². The Morgan fingerprint density at radius 2 is 1.77 bits per heavy atom. The van der Waals surface area contributed by atoms with Gasteiger partial charge >= 0.3 is 0 Å². The summed E-state index contributed by atoms with van der Waals surface area (Å²) >= 11 is 6.14. The minimum Gasteiger partial charge on any atom is -0.356 e. The Morgan fingerprint density at radius 3 is 2.43 bits per heavy atom. The number of carbonyl (C=O) groups is 1. The molecule has 35 heavy (non-hydrogen) atoms. The normalized spacial score (nSPS) is 12.1. The van der Waals surface area contributed by atoms with Crippen molar-refractivity contribution in [3.63, 3.8) is 0 Å². The smallest absolute Gasteiger partial charge is 0.270 e. The number of carbonyl (C=O) groups excluding carboxylic acids is 1. The molecule has 0 aliphatic carbocycles. The number of nitrogens with one attached hydrogen (secondary N) is 1. The van der Waals surface area contributed by atoms with Gasteiger partial charge in [0.05, 0.1) is 4.92 Å². The molecule has 0 saturated heterocycles. The highest BCUT2D eigenvalue weighted by Gasteiger charge is 2.24. The molecule has 1 N–H and O–H groups in total. The number of nitro benzene ring substituents is 1. The van der Waals surface area contributed by atoms with Crippen molar-refractivity contribution in [1.29, 1.82) is 0 Å². The maximum absolute atomic E-state index is 12.9. The predicted molar refractivity (Wildman–Crippen MR) is 140 cm³/mol. The number of halogens is 1. The molecule has 0 saturated carbocycles. The van der Waals surface area contributed by atoms with Gasteiger partial charge in [0.1, 0.15) is 0 Å². The highest BCUT2D eigenvalue weighted by atomic mass is 35.5. The highest BCUT2D eigenvalue weighted by molar-refractivity contribution is 6.30. The number of fused-ring (bicyclic) bond motifs is 1. The van der Waals surface area contributed by atoms with Gasteiger partial charge in [-0.15, -0.1) is 0 Å². The summed E-state index contributed by atoms with van der Waals surface area (Å²) < 4.78 is 2.10. The molecule has 180 valence electrons. The first-order valence-electron chi connectivity index (χ1n) is 11.6. The number of amides is 1.